The lowest BCUT2D eigenvalue weighted by Gasteiger charge is -2.33. The van der Waals surface area contributed by atoms with Gasteiger partial charge in [-0.1, -0.05) is 24.9 Å². The van der Waals surface area contributed by atoms with E-state index in [1.54, 1.807) is 6.20 Å². The van der Waals surface area contributed by atoms with Crippen molar-refractivity contribution in [3.8, 4) is 0 Å². The summed E-state index contributed by atoms with van der Waals surface area (Å²) in [6, 6.07) is 1.65. The summed E-state index contributed by atoms with van der Waals surface area (Å²) >= 11 is 5.91. The molecular weight excluding hydrogens is 405 g/mol. The van der Waals surface area contributed by atoms with Crippen LogP contribution in [-0.4, -0.2) is 24.3 Å². The van der Waals surface area contributed by atoms with Crippen molar-refractivity contribution >= 4 is 21.6 Å². The normalized spacial score (nSPS) is 19.4. The van der Waals surface area contributed by atoms with Crippen molar-refractivity contribution in [2.45, 2.75) is 49.7 Å². The highest BCUT2D eigenvalue weighted by molar-refractivity contribution is 7.89. The van der Waals surface area contributed by atoms with Gasteiger partial charge in [-0.2, -0.15) is 17.5 Å². The molecule has 0 amide bonds. The Bertz CT molecular complexity index is 928. The van der Waals surface area contributed by atoms with E-state index in [1.165, 1.54) is 4.31 Å². The third-order valence-corrected chi connectivity index (χ3v) is 6.90. The molecule has 1 aromatic carbocycles. The maximum atomic E-state index is 13.1. The summed E-state index contributed by atoms with van der Waals surface area (Å²) in [5.74, 6) is 0.929. The molecule has 2 aromatic rings. The summed E-state index contributed by atoms with van der Waals surface area (Å²) in [7, 11) is -4.12. The minimum atomic E-state index is -4.60. The molecule has 1 aliphatic rings. The number of piperidine rings is 1. The van der Waals surface area contributed by atoms with E-state index in [9.17, 15) is 21.6 Å². The molecule has 3 rings (SSSR count). The van der Waals surface area contributed by atoms with Crippen LogP contribution in [0.2, 0.25) is 5.02 Å². The molecule has 0 bridgehead atoms. The molecule has 1 aliphatic heterocycles. The molecule has 0 N–H and O–H groups in total. The van der Waals surface area contributed by atoms with E-state index in [2.05, 4.69) is 4.98 Å². The average molecular weight is 423 g/mol. The standard InChI is InChI=1S/C17H18ClF3N2O3S/c1-2-12-10-22-16(26-12)14-5-3-4-8-23(14)27(24,25)15-7-6-11(9-13(15)18)17(19,20)21/h6-7,9-10,14H,2-5,8H2,1H3/t14-/m0/s1. The first-order chi connectivity index (χ1) is 12.6. The number of benzene rings is 1. The number of aryl methyl sites for hydroxylation is 1. The molecule has 1 atom stereocenters. The van der Waals surface area contributed by atoms with E-state index in [0.717, 1.165) is 18.6 Å². The van der Waals surface area contributed by atoms with Gasteiger partial charge in [0.25, 0.3) is 0 Å². The molecule has 1 saturated heterocycles. The van der Waals surface area contributed by atoms with Crippen molar-refractivity contribution < 1.29 is 26.0 Å². The lowest BCUT2D eigenvalue weighted by Crippen LogP contribution is -2.38. The fourth-order valence-corrected chi connectivity index (χ4v) is 5.26. The highest BCUT2D eigenvalue weighted by Crippen LogP contribution is 2.39. The predicted octanol–water partition coefficient (Wildman–Crippen LogP) is 4.83. The Balaban J connectivity index is 1.99. The van der Waals surface area contributed by atoms with Gasteiger partial charge in [-0.3, -0.25) is 0 Å². The molecule has 0 radical (unpaired) electrons. The Morgan fingerprint density at radius 2 is 2.07 bits per heavy atom. The number of aromatic nitrogens is 1. The van der Waals surface area contributed by atoms with Crippen LogP contribution >= 0.6 is 11.6 Å². The summed E-state index contributed by atoms with van der Waals surface area (Å²) < 4.78 is 71.6. The lowest BCUT2D eigenvalue weighted by atomic mass is 10.1. The Kier molecular flexibility index (Phi) is 5.56. The Morgan fingerprint density at radius 3 is 2.67 bits per heavy atom. The second-order valence-corrected chi connectivity index (χ2v) is 8.55. The van der Waals surface area contributed by atoms with Crippen molar-refractivity contribution in [3.63, 3.8) is 0 Å². The van der Waals surface area contributed by atoms with Crippen LogP contribution in [-0.2, 0) is 22.6 Å². The minimum absolute atomic E-state index is 0.216. The maximum Gasteiger partial charge on any atom is 0.416 e. The zero-order valence-corrected chi connectivity index (χ0v) is 16.0. The number of oxazole rings is 1. The van der Waals surface area contributed by atoms with E-state index in [1.807, 2.05) is 6.92 Å². The van der Waals surface area contributed by atoms with Crippen LogP contribution in [0.25, 0.3) is 0 Å². The third-order valence-electron chi connectivity index (χ3n) is 4.50. The first-order valence-electron chi connectivity index (χ1n) is 8.47. The van der Waals surface area contributed by atoms with Crippen molar-refractivity contribution in [2.75, 3.05) is 6.54 Å². The molecule has 27 heavy (non-hydrogen) atoms. The van der Waals surface area contributed by atoms with Crippen LogP contribution in [0.15, 0.2) is 33.7 Å². The van der Waals surface area contributed by atoms with Crippen LogP contribution in [0.1, 0.15) is 49.4 Å². The Hall–Kier alpha value is -1.58. The van der Waals surface area contributed by atoms with Crippen molar-refractivity contribution in [2.24, 2.45) is 0 Å². The molecule has 10 heteroatoms. The van der Waals surface area contributed by atoms with Crippen molar-refractivity contribution in [3.05, 3.63) is 46.6 Å². The van der Waals surface area contributed by atoms with Gasteiger partial charge in [0.15, 0.2) is 0 Å². The highest BCUT2D eigenvalue weighted by atomic mass is 35.5. The van der Waals surface area contributed by atoms with Crippen LogP contribution in [0.3, 0.4) is 0 Å². The van der Waals surface area contributed by atoms with E-state index in [0.29, 0.717) is 31.1 Å². The van der Waals surface area contributed by atoms with Gasteiger partial charge < -0.3 is 4.42 Å². The fourth-order valence-electron chi connectivity index (χ4n) is 3.09. The molecule has 0 spiro atoms. The number of rotatable bonds is 4. The van der Waals surface area contributed by atoms with Crippen molar-refractivity contribution in [1.82, 2.24) is 9.29 Å². The van der Waals surface area contributed by atoms with Gasteiger partial charge in [-0.05, 0) is 31.0 Å². The van der Waals surface area contributed by atoms with E-state index in [-0.39, 0.29) is 17.3 Å². The third kappa shape index (κ3) is 4.00. The molecule has 2 heterocycles. The minimum Gasteiger partial charge on any atom is -0.444 e. The Labute approximate surface area is 160 Å². The fraction of sp³-hybridized carbons (Fsp3) is 0.471. The van der Waals surface area contributed by atoms with Gasteiger partial charge in [0.05, 0.1) is 16.8 Å². The van der Waals surface area contributed by atoms with Crippen LogP contribution in [0.4, 0.5) is 13.2 Å². The van der Waals surface area contributed by atoms with Gasteiger partial charge in [0, 0.05) is 13.0 Å². The molecule has 148 valence electrons. The largest absolute Gasteiger partial charge is 0.444 e. The van der Waals surface area contributed by atoms with Gasteiger partial charge in [-0.15, -0.1) is 0 Å². The van der Waals surface area contributed by atoms with Gasteiger partial charge in [0.2, 0.25) is 15.9 Å². The lowest BCUT2D eigenvalue weighted by molar-refractivity contribution is -0.137. The van der Waals surface area contributed by atoms with E-state index >= 15 is 0 Å². The predicted molar refractivity (Wildman–Crippen MR) is 92.8 cm³/mol. The molecular formula is C17H18ClF3N2O3S. The molecule has 0 saturated carbocycles. The summed E-state index contributed by atoms with van der Waals surface area (Å²) in [6.07, 6.45) is -0.483. The first-order valence-corrected chi connectivity index (χ1v) is 10.3. The quantitative estimate of drug-likeness (QED) is 0.708. The molecule has 1 fully saturated rings. The molecule has 5 nitrogen and oxygen atoms in total. The maximum absolute atomic E-state index is 13.1. The number of nitrogens with zero attached hydrogens (tertiary/aromatic N) is 2. The smallest absolute Gasteiger partial charge is 0.416 e. The van der Waals surface area contributed by atoms with E-state index < -0.39 is 32.8 Å². The SMILES string of the molecule is CCc1cnc([C@@H]2CCCCN2S(=O)(=O)c2ccc(C(F)(F)F)cc2Cl)o1. The topological polar surface area (TPSA) is 63.4 Å². The number of halogens is 4. The molecule has 0 unspecified atom stereocenters. The first kappa shape index (κ1) is 20.2. The highest BCUT2D eigenvalue weighted by Gasteiger charge is 2.39. The number of sulfonamides is 1. The van der Waals surface area contributed by atoms with Crippen LogP contribution in [0.5, 0.6) is 0 Å². The summed E-state index contributed by atoms with van der Waals surface area (Å²) in [6.45, 7) is 2.11. The van der Waals surface area contributed by atoms with Crippen LogP contribution < -0.4 is 0 Å². The number of alkyl halides is 3. The van der Waals surface area contributed by atoms with E-state index in [4.69, 9.17) is 16.0 Å². The summed E-state index contributed by atoms with van der Waals surface area (Å²) in [4.78, 5) is 3.83. The zero-order chi connectivity index (χ0) is 19.8. The zero-order valence-electron chi connectivity index (χ0n) is 14.5. The second-order valence-electron chi connectivity index (χ2n) is 6.29. The monoisotopic (exact) mass is 422 g/mol. The van der Waals surface area contributed by atoms with Crippen molar-refractivity contribution in [1.29, 1.82) is 0 Å². The van der Waals surface area contributed by atoms with Gasteiger partial charge >= 0.3 is 6.18 Å². The van der Waals surface area contributed by atoms with Gasteiger partial charge in [0.1, 0.15) is 16.7 Å². The second kappa shape index (κ2) is 7.44. The average Bonchev–Trinajstić information content (AvgIpc) is 3.09. The van der Waals surface area contributed by atoms with Gasteiger partial charge in [-0.25, -0.2) is 13.4 Å². The molecule has 0 aliphatic carbocycles. The molecule has 1 aromatic heterocycles. The Morgan fingerprint density at radius 1 is 1.33 bits per heavy atom. The van der Waals surface area contributed by atoms with Crippen LogP contribution in [0, 0.1) is 0 Å². The summed E-state index contributed by atoms with van der Waals surface area (Å²) in [5.41, 5.74) is -0.998. The number of hydrogen-bond donors (Lipinski definition) is 0. The summed E-state index contributed by atoms with van der Waals surface area (Å²) in [5, 5.41) is -0.462. The number of hydrogen-bond acceptors (Lipinski definition) is 4.